The van der Waals surface area contributed by atoms with Crippen molar-refractivity contribution >= 4 is 23.5 Å². The van der Waals surface area contributed by atoms with Gasteiger partial charge in [-0.3, -0.25) is 5.43 Å². The summed E-state index contributed by atoms with van der Waals surface area (Å²) in [6.45, 7) is 0. The fraction of sp³-hybridized carbons (Fsp3) is 0.111. The Morgan fingerprint density at radius 1 is 1.41 bits per heavy atom. The number of phenolic OH excluding ortho intramolecular Hbond substituents is 1. The van der Waals surface area contributed by atoms with Gasteiger partial charge in [0.1, 0.15) is 5.75 Å². The van der Waals surface area contributed by atoms with Crippen molar-refractivity contribution in [3.05, 3.63) is 29.3 Å². The third-order valence-corrected chi connectivity index (χ3v) is 1.75. The van der Waals surface area contributed by atoms with Crippen LogP contribution in [-0.4, -0.2) is 16.4 Å². The van der Waals surface area contributed by atoms with Gasteiger partial charge >= 0.3 is 6.18 Å². The Morgan fingerprint density at radius 3 is 2.59 bits per heavy atom. The van der Waals surface area contributed by atoms with E-state index in [1.807, 2.05) is 0 Å². The number of nitrogens with zero attached hydrogens (tertiary/aromatic N) is 1. The summed E-state index contributed by atoms with van der Waals surface area (Å²) >= 11 is 4.45. The lowest BCUT2D eigenvalue weighted by Crippen LogP contribution is -2.24. The zero-order chi connectivity index (χ0) is 13.1. The second kappa shape index (κ2) is 5.00. The molecule has 1 aromatic carbocycles. The highest BCUT2D eigenvalue weighted by Gasteiger charge is 2.31. The Morgan fingerprint density at radius 2 is 2.06 bits per heavy atom. The van der Waals surface area contributed by atoms with E-state index in [-0.39, 0.29) is 10.7 Å². The number of alkyl halides is 3. The van der Waals surface area contributed by atoms with Crippen LogP contribution in [0, 0.1) is 0 Å². The Labute approximate surface area is 99.9 Å². The standard InChI is InChI=1S/C9H8F3N3OS/c10-9(11,12)6-1-5(2-7(16)3-6)4-14-15-8(13)17/h1-4,16H,(H3,13,15,17). The van der Waals surface area contributed by atoms with Crippen molar-refractivity contribution in [1.29, 1.82) is 0 Å². The molecule has 0 aliphatic rings. The number of halogens is 3. The molecule has 1 rings (SSSR count). The molecule has 0 unspecified atom stereocenters. The predicted molar refractivity (Wildman–Crippen MR) is 60.6 cm³/mol. The minimum atomic E-state index is -4.53. The van der Waals surface area contributed by atoms with Crippen LogP contribution in [0.4, 0.5) is 13.2 Å². The van der Waals surface area contributed by atoms with Crippen LogP contribution in [0.3, 0.4) is 0 Å². The first-order valence-corrected chi connectivity index (χ1v) is 4.69. The second-order valence-corrected chi connectivity index (χ2v) is 3.49. The van der Waals surface area contributed by atoms with Gasteiger partial charge in [0, 0.05) is 0 Å². The normalized spacial score (nSPS) is 11.7. The van der Waals surface area contributed by atoms with Crippen molar-refractivity contribution in [3.8, 4) is 5.75 Å². The maximum absolute atomic E-state index is 12.4. The summed E-state index contributed by atoms with van der Waals surface area (Å²) in [6, 6.07) is 2.59. The maximum Gasteiger partial charge on any atom is 0.416 e. The molecule has 1 aromatic rings. The first kappa shape index (κ1) is 13.2. The molecule has 0 aliphatic carbocycles. The number of rotatable bonds is 2. The van der Waals surface area contributed by atoms with Crippen molar-refractivity contribution in [1.82, 2.24) is 5.43 Å². The number of phenols is 1. The van der Waals surface area contributed by atoms with E-state index in [9.17, 15) is 13.2 Å². The van der Waals surface area contributed by atoms with E-state index in [1.165, 1.54) is 0 Å². The van der Waals surface area contributed by atoms with Gasteiger partial charge in [-0.1, -0.05) is 0 Å². The van der Waals surface area contributed by atoms with E-state index in [4.69, 9.17) is 10.8 Å². The van der Waals surface area contributed by atoms with Gasteiger partial charge in [-0.15, -0.1) is 0 Å². The van der Waals surface area contributed by atoms with Gasteiger partial charge < -0.3 is 10.8 Å². The fourth-order valence-electron chi connectivity index (χ4n) is 1.04. The highest BCUT2D eigenvalue weighted by atomic mass is 32.1. The van der Waals surface area contributed by atoms with Gasteiger partial charge in [0.2, 0.25) is 0 Å². The molecule has 0 amide bonds. The first-order chi connectivity index (χ1) is 7.79. The van der Waals surface area contributed by atoms with Gasteiger partial charge in [-0.25, -0.2) is 0 Å². The molecule has 4 nitrogen and oxygen atoms in total. The molecule has 0 saturated heterocycles. The molecular weight excluding hydrogens is 255 g/mol. The molecule has 8 heteroatoms. The third-order valence-electron chi connectivity index (χ3n) is 1.66. The van der Waals surface area contributed by atoms with E-state index in [2.05, 4.69) is 22.7 Å². The van der Waals surface area contributed by atoms with Crippen LogP contribution in [0.2, 0.25) is 0 Å². The maximum atomic E-state index is 12.4. The first-order valence-electron chi connectivity index (χ1n) is 4.29. The molecule has 0 saturated carbocycles. The number of hydrazone groups is 1. The lowest BCUT2D eigenvalue weighted by atomic mass is 10.1. The Hall–Kier alpha value is -1.83. The van der Waals surface area contributed by atoms with Crippen molar-refractivity contribution in [2.45, 2.75) is 6.18 Å². The van der Waals surface area contributed by atoms with Crippen LogP contribution in [0.5, 0.6) is 5.75 Å². The van der Waals surface area contributed by atoms with Crippen molar-refractivity contribution < 1.29 is 18.3 Å². The van der Waals surface area contributed by atoms with Gasteiger partial charge in [0.25, 0.3) is 0 Å². The van der Waals surface area contributed by atoms with Gasteiger partial charge in [0.15, 0.2) is 5.11 Å². The number of thiocarbonyl (C=S) groups is 1. The van der Waals surface area contributed by atoms with Gasteiger partial charge in [-0.05, 0) is 36.0 Å². The molecule has 0 aliphatic heterocycles. The summed E-state index contributed by atoms with van der Waals surface area (Å²) in [5.41, 5.74) is 6.36. The van der Waals surface area contributed by atoms with Gasteiger partial charge in [0.05, 0.1) is 11.8 Å². The fourth-order valence-corrected chi connectivity index (χ4v) is 1.10. The summed E-state index contributed by atoms with van der Waals surface area (Å²) in [4.78, 5) is 0. The van der Waals surface area contributed by atoms with E-state index in [1.54, 1.807) is 0 Å². The highest BCUT2D eigenvalue weighted by Crippen LogP contribution is 2.31. The largest absolute Gasteiger partial charge is 0.508 e. The van der Waals surface area contributed by atoms with Crippen LogP contribution in [0.1, 0.15) is 11.1 Å². The van der Waals surface area contributed by atoms with Gasteiger partial charge in [-0.2, -0.15) is 18.3 Å². The van der Waals surface area contributed by atoms with Crippen molar-refractivity contribution in [3.63, 3.8) is 0 Å². The monoisotopic (exact) mass is 263 g/mol. The SMILES string of the molecule is NC(=S)NN=Cc1cc(O)cc(C(F)(F)F)c1. The molecule has 0 atom stereocenters. The van der Waals surface area contributed by atoms with Crippen molar-refractivity contribution in [2.75, 3.05) is 0 Å². The van der Waals surface area contributed by atoms with E-state index in [0.29, 0.717) is 6.07 Å². The predicted octanol–water partition coefficient (Wildman–Crippen LogP) is 1.58. The number of nitrogens with one attached hydrogen (secondary N) is 1. The Bertz CT molecular complexity index is 459. The van der Waals surface area contributed by atoms with E-state index in [0.717, 1.165) is 18.3 Å². The van der Waals surface area contributed by atoms with Crippen LogP contribution >= 0.6 is 12.2 Å². The summed E-state index contributed by atoms with van der Waals surface area (Å²) in [5, 5.41) is 12.5. The Kier molecular flexibility index (Phi) is 3.89. The summed E-state index contributed by atoms with van der Waals surface area (Å²) in [7, 11) is 0. The third kappa shape index (κ3) is 4.27. The zero-order valence-corrected chi connectivity index (χ0v) is 9.14. The van der Waals surface area contributed by atoms with Crippen LogP contribution < -0.4 is 11.2 Å². The molecule has 17 heavy (non-hydrogen) atoms. The van der Waals surface area contributed by atoms with Crippen LogP contribution in [-0.2, 0) is 6.18 Å². The minimum absolute atomic E-state index is 0.0704. The quantitative estimate of drug-likeness (QED) is 0.430. The topological polar surface area (TPSA) is 70.6 Å². The molecular formula is C9H8F3N3OS. The number of hydrogen-bond donors (Lipinski definition) is 3. The number of nitrogens with two attached hydrogens (primary N) is 1. The number of benzene rings is 1. The lowest BCUT2D eigenvalue weighted by molar-refractivity contribution is -0.137. The molecule has 0 radical (unpaired) electrons. The zero-order valence-electron chi connectivity index (χ0n) is 8.32. The molecule has 4 N–H and O–H groups in total. The smallest absolute Gasteiger partial charge is 0.416 e. The average molecular weight is 263 g/mol. The summed E-state index contributed by atoms with van der Waals surface area (Å²) in [6.07, 6.45) is -3.47. The van der Waals surface area contributed by atoms with Crippen LogP contribution in [0.15, 0.2) is 23.3 Å². The Balaban J connectivity index is 2.98. The molecule has 0 bridgehead atoms. The van der Waals surface area contributed by atoms with Crippen molar-refractivity contribution in [2.24, 2.45) is 10.8 Å². The molecule has 92 valence electrons. The van der Waals surface area contributed by atoms with E-state index >= 15 is 0 Å². The lowest BCUT2D eigenvalue weighted by Gasteiger charge is -2.07. The number of aromatic hydroxyl groups is 1. The summed E-state index contributed by atoms with van der Waals surface area (Å²) in [5.74, 6) is -0.503. The minimum Gasteiger partial charge on any atom is -0.508 e. The summed E-state index contributed by atoms with van der Waals surface area (Å²) < 4.78 is 37.2. The second-order valence-electron chi connectivity index (χ2n) is 3.05. The molecule has 0 heterocycles. The molecule has 0 fully saturated rings. The molecule has 0 spiro atoms. The molecule has 0 aromatic heterocycles. The average Bonchev–Trinajstić information content (AvgIpc) is 2.14. The number of hydrogen-bond acceptors (Lipinski definition) is 3. The highest BCUT2D eigenvalue weighted by molar-refractivity contribution is 7.80. The van der Waals surface area contributed by atoms with Crippen LogP contribution in [0.25, 0.3) is 0 Å². The van der Waals surface area contributed by atoms with E-state index < -0.39 is 17.5 Å².